The van der Waals surface area contributed by atoms with Crippen LogP contribution in [0.15, 0.2) is 18.2 Å². The summed E-state index contributed by atoms with van der Waals surface area (Å²) in [4.78, 5) is 12.5. The lowest BCUT2D eigenvalue weighted by Crippen LogP contribution is -2.43. The summed E-state index contributed by atoms with van der Waals surface area (Å²) in [5, 5.41) is 0.707. The van der Waals surface area contributed by atoms with Gasteiger partial charge >= 0.3 is 0 Å². The van der Waals surface area contributed by atoms with Crippen LogP contribution in [-0.2, 0) is 14.8 Å². The van der Waals surface area contributed by atoms with Crippen LogP contribution in [0.4, 0.5) is 5.69 Å². The first kappa shape index (κ1) is 17.1. The molecule has 2 aliphatic rings. The fraction of sp³-hybridized carbons (Fsp3) is 0.562. The Labute approximate surface area is 146 Å². The van der Waals surface area contributed by atoms with Crippen molar-refractivity contribution in [2.24, 2.45) is 16.7 Å². The molecule has 1 aromatic carbocycles. The summed E-state index contributed by atoms with van der Waals surface area (Å²) in [5.41, 5.74) is -0.756. The van der Waals surface area contributed by atoms with Crippen molar-refractivity contribution < 1.29 is 13.2 Å². The fourth-order valence-electron chi connectivity index (χ4n) is 4.26. The zero-order valence-corrected chi connectivity index (χ0v) is 15.4. The van der Waals surface area contributed by atoms with Gasteiger partial charge in [0, 0.05) is 16.5 Å². The van der Waals surface area contributed by atoms with E-state index in [1.165, 1.54) is 18.2 Å². The number of fused-ring (bicyclic) bond motifs is 2. The molecule has 4 nitrogen and oxygen atoms in total. The van der Waals surface area contributed by atoms with Gasteiger partial charge in [-0.1, -0.05) is 37.0 Å². The lowest BCUT2D eigenvalue weighted by molar-refractivity contribution is -0.128. The molecule has 23 heavy (non-hydrogen) atoms. The van der Waals surface area contributed by atoms with E-state index in [2.05, 4.69) is 4.72 Å². The minimum Gasteiger partial charge on any atom is -0.299 e. The Hall–Kier alpha value is -0.780. The molecule has 126 valence electrons. The topological polar surface area (TPSA) is 63.2 Å². The highest BCUT2D eigenvalue weighted by atomic mass is 35.5. The molecule has 0 unspecified atom stereocenters. The molecule has 0 radical (unpaired) electrons. The lowest BCUT2D eigenvalue weighted by Gasteiger charge is -2.36. The first-order valence-corrected chi connectivity index (χ1v) is 9.96. The molecule has 2 bridgehead atoms. The van der Waals surface area contributed by atoms with Crippen molar-refractivity contribution in [1.82, 2.24) is 0 Å². The average molecular weight is 376 g/mol. The second-order valence-corrected chi connectivity index (χ2v) is 9.78. The van der Waals surface area contributed by atoms with Gasteiger partial charge in [0.25, 0.3) is 0 Å². The molecule has 2 fully saturated rings. The fourth-order valence-corrected chi connectivity index (χ4v) is 6.66. The number of halogens is 2. The molecule has 3 rings (SSSR count). The number of hydrogen-bond donors (Lipinski definition) is 1. The summed E-state index contributed by atoms with van der Waals surface area (Å²) in [7, 11) is -3.69. The van der Waals surface area contributed by atoms with Crippen molar-refractivity contribution in [3.05, 3.63) is 28.2 Å². The molecule has 2 saturated carbocycles. The van der Waals surface area contributed by atoms with Gasteiger partial charge in [0.1, 0.15) is 5.78 Å². The van der Waals surface area contributed by atoms with Crippen molar-refractivity contribution in [2.45, 2.75) is 33.1 Å². The smallest absolute Gasteiger partial charge is 0.233 e. The molecule has 0 aromatic heterocycles. The van der Waals surface area contributed by atoms with Gasteiger partial charge in [-0.15, -0.1) is 0 Å². The van der Waals surface area contributed by atoms with Gasteiger partial charge < -0.3 is 0 Å². The molecule has 0 aliphatic heterocycles. The minimum absolute atomic E-state index is 0.0771. The van der Waals surface area contributed by atoms with Crippen molar-refractivity contribution in [1.29, 1.82) is 0 Å². The van der Waals surface area contributed by atoms with Crippen LogP contribution in [0.5, 0.6) is 0 Å². The molecular formula is C16H19Cl2NO3S. The molecular weight excluding hydrogens is 357 g/mol. The van der Waals surface area contributed by atoms with Gasteiger partial charge in [0.2, 0.25) is 10.0 Å². The van der Waals surface area contributed by atoms with E-state index in [9.17, 15) is 13.2 Å². The highest BCUT2D eigenvalue weighted by Gasteiger charge is 2.65. The second-order valence-electron chi connectivity index (χ2n) is 7.19. The third kappa shape index (κ3) is 2.77. The van der Waals surface area contributed by atoms with E-state index >= 15 is 0 Å². The van der Waals surface area contributed by atoms with E-state index in [0.29, 0.717) is 28.6 Å². The van der Waals surface area contributed by atoms with E-state index in [1.54, 1.807) is 0 Å². The average Bonchev–Trinajstić information content (AvgIpc) is 2.70. The van der Waals surface area contributed by atoms with Crippen LogP contribution in [0.2, 0.25) is 10.0 Å². The van der Waals surface area contributed by atoms with Gasteiger partial charge in [0.05, 0.1) is 16.9 Å². The third-order valence-corrected chi connectivity index (χ3v) is 7.57. The molecule has 1 aromatic rings. The molecule has 7 heteroatoms. The summed E-state index contributed by atoms with van der Waals surface area (Å²) in [6.07, 6.45) is 2.05. The van der Waals surface area contributed by atoms with Crippen LogP contribution < -0.4 is 4.72 Å². The molecule has 0 spiro atoms. The summed E-state index contributed by atoms with van der Waals surface area (Å²) >= 11 is 11.8. The molecule has 2 atom stereocenters. The number of rotatable bonds is 4. The van der Waals surface area contributed by atoms with Crippen LogP contribution >= 0.6 is 23.2 Å². The number of ketones is 1. The van der Waals surface area contributed by atoms with Crippen LogP contribution in [0.25, 0.3) is 0 Å². The zero-order chi connectivity index (χ0) is 17.0. The van der Waals surface area contributed by atoms with E-state index < -0.39 is 15.4 Å². The summed E-state index contributed by atoms with van der Waals surface area (Å²) in [6.45, 7) is 4.03. The van der Waals surface area contributed by atoms with Crippen molar-refractivity contribution in [2.75, 3.05) is 10.5 Å². The van der Waals surface area contributed by atoms with Crippen molar-refractivity contribution in [3.63, 3.8) is 0 Å². The Morgan fingerprint density at radius 1 is 1.22 bits per heavy atom. The molecule has 2 aliphatic carbocycles. The Morgan fingerprint density at radius 2 is 1.83 bits per heavy atom. The van der Waals surface area contributed by atoms with Crippen molar-refractivity contribution >= 4 is 44.7 Å². The Kier molecular flexibility index (Phi) is 3.98. The summed E-state index contributed by atoms with van der Waals surface area (Å²) < 4.78 is 27.8. The predicted molar refractivity (Wildman–Crippen MR) is 92.4 cm³/mol. The van der Waals surface area contributed by atoms with Gasteiger partial charge in [0.15, 0.2) is 0 Å². The third-order valence-electron chi connectivity index (χ3n) is 5.71. The molecule has 0 amide bonds. The molecule has 0 saturated heterocycles. The van der Waals surface area contributed by atoms with E-state index in [1.807, 2.05) is 13.8 Å². The number of anilines is 1. The van der Waals surface area contributed by atoms with Gasteiger partial charge in [-0.3, -0.25) is 9.52 Å². The second kappa shape index (κ2) is 5.36. The van der Waals surface area contributed by atoms with Crippen LogP contribution in [-0.4, -0.2) is 20.0 Å². The van der Waals surface area contributed by atoms with Crippen molar-refractivity contribution in [3.8, 4) is 0 Å². The number of carbonyl (C=O) groups excluding carboxylic acids is 1. The van der Waals surface area contributed by atoms with Crippen LogP contribution in [0.3, 0.4) is 0 Å². The molecule has 0 heterocycles. The standard InChI is InChI=1S/C16H19Cl2NO3S/c1-15(2)10-3-4-16(15,14(20)5-10)9-23(21,22)19-13-7-11(17)6-12(18)8-13/h6-8,10,19H,3-5,9H2,1-2H3/t10-,16+/m1/s1. The SMILES string of the molecule is CC1(C)[C@@H]2CC[C@]1(CS(=O)(=O)Nc1cc(Cl)cc(Cl)c1)C(=O)C2. The lowest BCUT2D eigenvalue weighted by atomic mass is 9.70. The maximum atomic E-state index is 12.6. The predicted octanol–water partition coefficient (Wildman–Crippen LogP) is 4.13. The number of nitrogens with one attached hydrogen (secondary N) is 1. The maximum Gasteiger partial charge on any atom is 0.233 e. The number of hydrogen-bond acceptors (Lipinski definition) is 3. The van der Waals surface area contributed by atoms with Crippen LogP contribution in [0, 0.1) is 16.7 Å². The first-order valence-electron chi connectivity index (χ1n) is 7.56. The molecule has 1 N–H and O–H groups in total. The Bertz CT molecular complexity index is 755. The van der Waals surface area contributed by atoms with Crippen LogP contribution in [0.1, 0.15) is 33.1 Å². The van der Waals surface area contributed by atoms with Gasteiger partial charge in [-0.2, -0.15) is 0 Å². The van der Waals surface area contributed by atoms with E-state index in [0.717, 1.165) is 6.42 Å². The quantitative estimate of drug-likeness (QED) is 0.860. The van der Waals surface area contributed by atoms with E-state index in [4.69, 9.17) is 23.2 Å². The largest absolute Gasteiger partial charge is 0.299 e. The zero-order valence-electron chi connectivity index (χ0n) is 13.0. The normalized spacial score (nSPS) is 29.0. The minimum atomic E-state index is -3.69. The van der Waals surface area contributed by atoms with E-state index in [-0.39, 0.29) is 22.9 Å². The maximum absolute atomic E-state index is 12.6. The highest BCUT2D eigenvalue weighted by molar-refractivity contribution is 7.92. The summed E-state index contributed by atoms with van der Waals surface area (Å²) in [6, 6.07) is 4.54. The monoisotopic (exact) mass is 375 g/mol. The van der Waals surface area contributed by atoms with Gasteiger partial charge in [-0.25, -0.2) is 8.42 Å². The summed E-state index contributed by atoms with van der Waals surface area (Å²) in [5.74, 6) is 0.172. The number of carbonyl (C=O) groups is 1. The number of benzene rings is 1. The first-order chi connectivity index (χ1) is 10.6. The Morgan fingerprint density at radius 3 is 2.30 bits per heavy atom. The highest BCUT2D eigenvalue weighted by Crippen LogP contribution is 2.64. The number of Topliss-reactive ketones (excluding diaryl/α,β-unsaturated/α-hetero) is 1. The van der Waals surface area contributed by atoms with Gasteiger partial charge in [-0.05, 0) is 42.4 Å². The number of sulfonamides is 1. The Balaban J connectivity index is 1.88.